The molecule has 1 unspecified atom stereocenters. The fourth-order valence-corrected chi connectivity index (χ4v) is 2.57. The number of halogens is 1. The van der Waals surface area contributed by atoms with Gasteiger partial charge in [-0.1, -0.05) is 12.1 Å². The lowest BCUT2D eigenvalue weighted by atomic mass is 9.75. The van der Waals surface area contributed by atoms with Crippen LogP contribution in [0.25, 0.3) is 0 Å². The summed E-state index contributed by atoms with van der Waals surface area (Å²) in [5, 5.41) is 3.59. The third kappa shape index (κ3) is 3.53. The lowest BCUT2D eigenvalue weighted by Gasteiger charge is -2.38. The Bertz CT molecular complexity index is 377. The molecule has 0 aromatic heterocycles. The lowest BCUT2D eigenvalue weighted by Crippen LogP contribution is -2.44. The molecule has 2 nitrogen and oxygen atoms in total. The summed E-state index contributed by atoms with van der Waals surface area (Å²) < 4.78 is 18.2. The highest BCUT2D eigenvalue weighted by Gasteiger charge is 2.30. The fraction of sp³-hybridized carbons (Fsp3) is 0.600. The van der Waals surface area contributed by atoms with E-state index in [1.54, 1.807) is 19.2 Å². The maximum atomic E-state index is 13.1. The number of nitrogens with one attached hydrogen (secondary N) is 1. The predicted octanol–water partition coefficient (Wildman–Crippen LogP) is 3.09. The largest absolute Gasteiger partial charge is 0.385 e. The van der Waals surface area contributed by atoms with Crippen LogP contribution in [0.2, 0.25) is 0 Å². The molecule has 1 aliphatic rings. The van der Waals surface area contributed by atoms with Crippen molar-refractivity contribution >= 4 is 0 Å². The fourth-order valence-electron chi connectivity index (χ4n) is 2.57. The maximum absolute atomic E-state index is 13.1. The Hall–Kier alpha value is -0.930. The molecule has 0 saturated heterocycles. The second kappa shape index (κ2) is 6.30. The van der Waals surface area contributed by atoms with Crippen molar-refractivity contribution in [2.75, 3.05) is 13.7 Å². The van der Waals surface area contributed by atoms with Crippen molar-refractivity contribution in [3.8, 4) is 0 Å². The van der Waals surface area contributed by atoms with Crippen LogP contribution in [0, 0.1) is 5.82 Å². The first-order chi connectivity index (χ1) is 8.69. The van der Waals surface area contributed by atoms with Gasteiger partial charge in [-0.25, -0.2) is 4.39 Å². The summed E-state index contributed by atoms with van der Waals surface area (Å²) in [6.07, 6.45) is 3.26. The van der Waals surface area contributed by atoms with E-state index in [4.69, 9.17) is 4.74 Å². The second-order valence-corrected chi connectivity index (χ2v) is 5.27. The van der Waals surface area contributed by atoms with Crippen LogP contribution >= 0.6 is 0 Å². The summed E-state index contributed by atoms with van der Waals surface area (Å²) in [6, 6.07) is 8.05. The molecule has 0 radical (unpaired) electrons. The smallest absolute Gasteiger partial charge is 0.123 e. The third-order valence-electron chi connectivity index (χ3n) is 3.73. The van der Waals surface area contributed by atoms with Crippen molar-refractivity contribution < 1.29 is 9.13 Å². The zero-order chi connectivity index (χ0) is 13.0. The highest BCUT2D eigenvalue weighted by Crippen LogP contribution is 2.37. The van der Waals surface area contributed by atoms with E-state index >= 15 is 0 Å². The van der Waals surface area contributed by atoms with Crippen molar-refractivity contribution in [1.82, 2.24) is 5.32 Å². The van der Waals surface area contributed by atoms with E-state index in [1.807, 2.05) is 6.07 Å². The number of rotatable bonds is 6. The van der Waals surface area contributed by atoms with Crippen LogP contribution < -0.4 is 5.32 Å². The van der Waals surface area contributed by atoms with Crippen LogP contribution in [0.1, 0.15) is 37.7 Å². The molecule has 2 rings (SSSR count). The highest BCUT2D eigenvalue weighted by atomic mass is 19.1. The van der Waals surface area contributed by atoms with Gasteiger partial charge < -0.3 is 10.1 Å². The lowest BCUT2D eigenvalue weighted by molar-refractivity contribution is 0.175. The molecule has 0 spiro atoms. The van der Waals surface area contributed by atoms with Crippen molar-refractivity contribution in [2.45, 2.75) is 44.2 Å². The molecule has 100 valence electrons. The van der Waals surface area contributed by atoms with Gasteiger partial charge in [0, 0.05) is 25.8 Å². The number of ether oxygens (including phenoxy) is 1. The van der Waals surface area contributed by atoms with E-state index in [2.05, 4.69) is 12.2 Å². The van der Waals surface area contributed by atoms with Crippen LogP contribution in [0.3, 0.4) is 0 Å². The Morgan fingerprint density at radius 3 is 2.89 bits per heavy atom. The molecule has 1 saturated carbocycles. The summed E-state index contributed by atoms with van der Waals surface area (Å²) in [4.78, 5) is 0. The normalized spacial score (nSPS) is 24.6. The molecule has 1 aromatic rings. The Labute approximate surface area is 109 Å². The molecular weight excluding hydrogens is 229 g/mol. The third-order valence-corrected chi connectivity index (χ3v) is 3.73. The first kappa shape index (κ1) is 13.5. The van der Waals surface area contributed by atoms with Gasteiger partial charge in [-0.2, -0.15) is 0 Å². The monoisotopic (exact) mass is 251 g/mol. The summed E-state index contributed by atoms with van der Waals surface area (Å²) in [5.41, 5.74) is 1.14. The van der Waals surface area contributed by atoms with E-state index in [-0.39, 0.29) is 5.82 Å². The van der Waals surface area contributed by atoms with Crippen molar-refractivity contribution in [3.63, 3.8) is 0 Å². The Kier molecular flexibility index (Phi) is 4.72. The molecular formula is C15H22FNO. The summed E-state index contributed by atoms with van der Waals surface area (Å²) in [7, 11) is 1.73. The average Bonchev–Trinajstić information content (AvgIpc) is 2.30. The highest BCUT2D eigenvalue weighted by molar-refractivity contribution is 5.23. The Balaban J connectivity index is 1.73. The molecule has 1 aromatic carbocycles. The van der Waals surface area contributed by atoms with Crippen LogP contribution in [-0.4, -0.2) is 25.8 Å². The zero-order valence-corrected chi connectivity index (χ0v) is 11.2. The number of benzene rings is 1. The molecule has 0 bridgehead atoms. The SMILES string of the molecule is COCCC(C)NC1CC(c2cccc(F)c2)C1. The number of methoxy groups -OCH3 is 1. The van der Waals surface area contributed by atoms with Crippen molar-refractivity contribution in [3.05, 3.63) is 35.6 Å². The van der Waals surface area contributed by atoms with E-state index < -0.39 is 0 Å². The molecule has 0 heterocycles. The Morgan fingerprint density at radius 2 is 2.22 bits per heavy atom. The molecule has 0 amide bonds. The second-order valence-electron chi connectivity index (χ2n) is 5.27. The first-order valence-electron chi connectivity index (χ1n) is 6.69. The van der Waals surface area contributed by atoms with Gasteiger partial charge in [-0.3, -0.25) is 0 Å². The average molecular weight is 251 g/mol. The minimum Gasteiger partial charge on any atom is -0.385 e. The molecule has 3 heteroatoms. The van der Waals surface area contributed by atoms with E-state index in [9.17, 15) is 4.39 Å². The van der Waals surface area contributed by atoms with Gasteiger partial charge in [-0.05, 0) is 49.8 Å². The Morgan fingerprint density at radius 1 is 1.44 bits per heavy atom. The molecule has 1 atom stereocenters. The topological polar surface area (TPSA) is 21.3 Å². The number of hydrogen-bond acceptors (Lipinski definition) is 2. The molecule has 0 aliphatic heterocycles. The van der Waals surface area contributed by atoms with Crippen LogP contribution in [0.5, 0.6) is 0 Å². The number of hydrogen-bond donors (Lipinski definition) is 1. The van der Waals surface area contributed by atoms with Gasteiger partial charge in [-0.15, -0.1) is 0 Å². The predicted molar refractivity (Wildman–Crippen MR) is 71.3 cm³/mol. The summed E-state index contributed by atoms with van der Waals surface area (Å²) >= 11 is 0. The van der Waals surface area contributed by atoms with Gasteiger partial charge in [0.1, 0.15) is 5.82 Å². The zero-order valence-electron chi connectivity index (χ0n) is 11.2. The summed E-state index contributed by atoms with van der Waals surface area (Å²) in [5.74, 6) is 0.394. The van der Waals surface area contributed by atoms with Crippen LogP contribution in [-0.2, 0) is 4.74 Å². The van der Waals surface area contributed by atoms with Crippen LogP contribution in [0.4, 0.5) is 4.39 Å². The maximum Gasteiger partial charge on any atom is 0.123 e. The quantitative estimate of drug-likeness (QED) is 0.839. The van der Waals surface area contributed by atoms with Crippen molar-refractivity contribution in [2.24, 2.45) is 0 Å². The standard InChI is InChI=1S/C15H22FNO/c1-11(6-7-18-2)17-15-9-13(10-15)12-4-3-5-14(16)8-12/h3-5,8,11,13,15,17H,6-7,9-10H2,1-2H3. The van der Waals surface area contributed by atoms with Crippen LogP contribution in [0.15, 0.2) is 24.3 Å². The molecule has 18 heavy (non-hydrogen) atoms. The molecule has 1 aliphatic carbocycles. The van der Waals surface area contributed by atoms with Gasteiger partial charge in [0.25, 0.3) is 0 Å². The van der Waals surface area contributed by atoms with Gasteiger partial charge in [0.05, 0.1) is 0 Å². The molecule has 1 N–H and O–H groups in total. The minimum atomic E-state index is -0.127. The van der Waals surface area contributed by atoms with Gasteiger partial charge in [0.15, 0.2) is 0 Å². The van der Waals surface area contributed by atoms with Gasteiger partial charge in [0.2, 0.25) is 0 Å². The van der Waals surface area contributed by atoms with E-state index in [0.29, 0.717) is 18.0 Å². The molecule has 1 fully saturated rings. The van der Waals surface area contributed by atoms with Crippen molar-refractivity contribution in [1.29, 1.82) is 0 Å². The minimum absolute atomic E-state index is 0.127. The van der Waals surface area contributed by atoms with Gasteiger partial charge >= 0.3 is 0 Å². The van der Waals surface area contributed by atoms with E-state index in [1.165, 1.54) is 6.07 Å². The first-order valence-corrected chi connectivity index (χ1v) is 6.69. The van der Waals surface area contributed by atoms with E-state index in [0.717, 1.165) is 31.4 Å². The summed E-state index contributed by atoms with van der Waals surface area (Å²) in [6.45, 7) is 2.99.